The fourth-order valence-corrected chi connectivity index (χ4v) is 4.27. The number of hydrogen-bond donors (Lipinski definition) is 2. The highest BCUT2D eigenvalue weighted by atomic mass is 32.2. The first-order valence-corrected chi connectivity index (χ1v) is 10.9. The molecule has 0 unspecified atom stereocenters. The summed E-state index contributed by atoms with van der Waals surface area (Å²) in [5, 5.41) is 14.4. The van der Waals surface area contributed by atoms with Gasteiger partial charge >= 0.3 is 6.03 Å². The standard InChI is InChI=1S/C21H27N5O2S/c1-3-13-26-19(16-10-5-4-6-11-16)24-25-21(26)29-14-18(27)23-20(28)22-17-12-8-7-9-15(17)2/h3-6,10-11,15,17H,1,7-9,12-14H2,2H3,(H2,22,23,27,28)/t15-,17-/m1/s1. The van der Waals surface area contributed by atoms with Crippen LogP contribution in [-0.4, -0.2) is 38.5 Å². The Balaban J connectivity index is 1.56. The number of allylic oxidation sites excluding steroid dienone is 1. The van der Waals surface area contributed by atoms with E-state index in [1.807, 2.05) is 34.9 Å². The van der Waals surface area contributed by atoms with Gasteiger partial charge in [-0.2, -0.15) is 0 Å². The van der Waals surface area contributed by atoms with Crippen molar-refractivity contribution >= 4 is 23.7 Å². The van der Waals surface area contributed by atoms with E-state index in [1.165, 1.54) is 18.2 Å². The van der Waals surface area contributed by atoms with Crippen molar-refractivity contribution in [1.29, 1.82) is 0 Å². The Morgan fingerprint density at radius 1 is 1.24 bits per heavy atom. The molecule has 3 rings (SSSR count). The Morgan fingerprint density at radius 3 is 2.72 bits per heavy atom. The molecule has 7 nitrogen and oxygen atoms in total. The summed E-state index contributed by atoms with van der Waals surface area (Å²) in [6.45, 7) is 6.46. The van der Waals surface area contributed by atoms with Crippen LogP contribution in [0.4, 0.5) is 4.79 Å². The number of hydrogen-bond acceptors (Lipinski definition) is 5. The third-order valence-corrected chi connectivity index (χ3v) is 6.04. The number of imide groups is 1. The highest BCUT2D eigenvalue weighted by Gasteiger charge is 2.23. The molecular weight excluding hydrogens is 386 g/mol. The molecule has 3 amide bonds. The second kappa shape index (κ2) is 10.2. The second-order valence-electron chi connectivity index (χ2n) is 7.25. The van der Waals surface area contributed by atoms with Gasteiger partial charge in [-0.1, -0.05) is 67.9 Å². The minimum atomic E-state index is -0.424. The quantitative estimate of drug-likeness (QED) is 0.534. The van der Waals surface area contributed by atoms with Gasteiger partial charge in [0.15, 0.2) is 11.0 Å². The Hall–Kier alpha value is -2.61. The highest BCUT2D eigenvalue weighted by molar-refractivity contribution is 7.99. The molecule has 154 valence electrons. The summed E-state index contributed by atoms with van der Waals surface area (Å²) >= 11 is 1.25. The van der Waals surface area contributed by atoms with Crippen molar-refractivity contribution in [2.24, 2.45) is 5.92 Å². The summed E-state index contributed by atoms with van der Waals surface area (Å²) in [4.78, 5) is 24.4. The molecule has 1 aliphatic rings. The van der Waals surface area contributed by atoms with Gasteiger partial charge in [-0.05, 0) is 18.8 Å². The van der Waals surface area contributed by atoms with Crippen molar-refractivity contribution in [2.45, 2.75) is 50.4 Å². The minimum absolute atomic E-state index is 0.0811. The molecule has 1 fully saturated rings. The molecular formula is C21H27N5O2S. The van der Waals surface area contributed by atoms with Crippen LogP contribution in [0.15, 0.2) is 48.1 Å². The van der Waals surface area contributed by atoms with Crippen LogP contribution >= 0.6 is 11.8 Å². The summed E-state index contributed by atoms with van der Waals surface area (Å²) in [6, 6.07) is 9.45. The van der Waals surface area contributed by atoms with E-state index in [1.54, 1.807) is 6.08 Å². The average Bonchev–Trinajstić information content (AvgIpc) is 3.12. The molecule has 1 heterocycles. The van der Waals surface area contributed by atoms with Gasteiger partial charge in [0.2, 0.25) is 5.91 Å². The van der Waals surface area contributed by atoms with Crippen LogP contribution in [0.5, 0.6) is 0 Å². The molecule has 1 aromatic heterocycles. The summed E-state index contributed by atoms with van der Waals surface area (Å²) in [5.74, 6) is 0.883. The van der Waals surface area contributed by atoms with Crippen LogP contribution in [-0.2, 0) is 11.3 Å². The molecule has 0 aliphatic heterocycles. The maximum Gasteiger partial charge on any atom is 0.321 e. The lowest BCUT2D eigenvalue weighted by atomic mass is 9.86. The number of urea groups is 1. The Bertz CT molecular complexity index is 852. The van der Waals surface area contributed by atoms with E-state index in [-0.39, 0.29) is 17.7 Å². The zero-order valence-corrected chi connectivity index (χ0v) is 17.5. The summed E-state index contributed by atoms with van der Waals surface area (Å²) in [5.41, 5.74) is 0.944. The number of carbonyl (C=O) groups excluding carboxylic acids is 2. The zero-order chi connectivity index (χ0) is 20.6. The predicted octanol–water partition coefficient (Wildman–Crippen LogP) is 3.63. The molecule has 0 spiro atoms. The van der Waals surface area contributed by atoms with Gasteiger partial charge in [0.1, 0.15) is 0 Å². The van der Waals surface area contributed by atoms with E-state index >= 15 is 0 Å². The lowest BCUT2D eigenvalue weighted by Gasteiger charge is -2.29. The number of thioether (sulfide) groups is 1. The van der Waals surface area contributed by atoms with Crippen molar-refractivity contribution in [3.63, 3.8) is 0 Å². The largest absolute Gasteiger partial charge is 0.335 e. The first-order valence-electron chi connectivity index (χ1n) is 9.91. The summed E-state index contributed by atoms with van der Waals surface area (Å²) in [6.07, 6.45) is 6.15. The lowest BCUT2D eigenvalue weighted by molar-refractivity contribution is -0.117. The fourth-order valence-electron chi connectivity index (χ4n) is 3.52. The molecule has 2 atom stereocenters. The minimum Gasteiger partial charge on any atom is -0.335 e. The molecule has 1 aromatic carbocycles. The van der Waals surface area contributed by atoms with Crippen LogP contribution in [0.3, 0.4) is 0 Å². The second-order valence-corrected chi connectivity index (χ2v) is 8.19. The third-order valence-electron chi connectivity index (χ3n) is 5.07. The van der Waals surface area contributed by atoms with Gasteiger partial charge in [-0.25, -0.2) is 4.79 Å². The van der Waals surface area contributed by atoms with Crippen LogP contribution in [0.1, 0.15) is 32.6 Å². The predicted molar refractivity (Wildman–Crippen MR) is 114 cm³/mol. The summed E-state index contributed by atoms with van der Waals surface area (Å²) in [7, 11) is 0. The monoisotopic (exact) mass is 413 g/mol. The van der Waals surface area contributed by atoms with Crippen LogP contribution < -0.4 is 10.6 Å². The number of nitrogens with zero attached hydrogens (tertiary/aromatic N) is 3. The van der Waals surface area contributed by atoms with E-state index in [0.29, 0.717) is 17.6 Å². The SMILES string of the molecule is C=CCn1c(SCC(=O)NC(=O)N[C@@H]2CCCC[C@H]2C)nnc1-c1ccccc1. The number of carbonyl (C=O) groups is 2. The number of rotatable bonds is 7. The molecule has 2 aromatic rings. The van der Waals surface area contributed by atoms with Crippen LogP contribution in [0.25, 0.3) is 11.4 Å². The van der Waals surface area contributed by atoms with Gasteiger partial charge in [-0.15, -0.1) is 16.8 Å². The molecule has 2 N–H and O–H groups in total. The molecule has 8 heteroatoms. The van der Waals surface area contributed by atoms with Gasteiger partial charge in [0, 0.05) is 18.2 Å². The Labute approximate surface area is 175 Å². The number of amides is 3. The van der Waals surface area contributed by atoms with Gasteiger partial charge in [0.25, 0.3) is 0 Å². The normalized spacial score (nSPS) is 18.8. The van der Waals surface area contributed by atoms with Gasteiger partial charge < -0.3 is 5.32 Å². The maximum atomic E-state index is 12.2. The number of aromatic nitrogens is 3. The summed E-state index contributed by atoms with van der Waals surface area (Å²) < 4.78 is 1.91. The van der Waals surface area contributed by atoms with Gasteiger partial charge in [-0.3, -0.25) is 14.7 Å². The third kappa shape index (κ3) is 5.69. The van der Waals surface area contributed by atoms with Crippen LogP contribution in [0, 0.1) is 5.92 Å². The highest BCUT2D eigenvalue weighted by Crippen LogP contribution is 2.24. The Kier molecular flexibility index (Phi) is 7.46. The van der Waals surface area contributed by atoms with Crippen molar-refractivity contribution in [3.8, 4) is 11.4 Å². The molecule has 1 aliphatic carbocycles. The van der Waals surface area contributed by atoms with E-state index in [4.69, 9.17) is 0 Å². The number of nitrogens with one attached hydrogen (secondary N) is 2. The lowest BCUT2D eigenvalue weighted by Crippen LogP contribution is -2.48. The number of benzene rings is 1. The first kappa shape index (κ1) is 21.1. The van der Waals surface area contributed by atoms with Crippen molar-refractivity contribution in [3.05, 3.63) is 43.0 Å². The van der Waals surface area contributed by atoms with Gasteiger partial charge in [0.05, 0.1) is 5.75 Å². The van der Waals surface area contributed by atoms with Crippen molar-refractivity contribution in [2.75, 3.05) is 5.75 Å². The molecule has 0 radical (unpaired) electrons. The van der Waals surface area contributed by atoms with Crippen LogP contribution in [0.2, 0.25) is 0 Å². The zero-order valence-electron chi connectivity index (χ0n) is 16.6. The average molecular weight is 414 g/mol. The topological polar surface area (TPSA) is 88.9 Å². The van der Waals surface area contributed by atoms with E-state index in [2.05, 4.69) is 34.3 Å². The molecule has 0 saturated heterocycles. The molecule has 0 bridgehead atoms. The maximum absolute atomic E-state index is 12.2. The molecule has 1 saturated carbocycles. The Morgan fingerprint density at radius 2 is 2.00 bits per heavy atom. The molecule has 29 heavy (non-hydrogen) atoms. The van der Waals surface area contributed by atoms with Crippen molar-refractivity contribution < 1.29 is 9.59 Å². The first-order chi connectivity index (χ1) is 14.1. The van der Waals surface area contributed by atoms with E-state index < -0.39 is 6.03 Å². The van der Waals surface area contributed by atoms with Crippen molar-refractivity contribution in [1.82, 2.24) is 25.4 Å². The van der Waals surface area contributed by atoms with E-state index in [0.717, 1.165) is 30.7 Å². The van der Waals surface area contributed by atoms with E-state index in [9.17, 15) is 9.59 Å². The smallest absolute Gasteiger partial charge is 0.321 e. The fraction of sp³-hybridized carbons (Fsp3) is 0.429.